The number of aliphatic carboxylic acids is 1. The number of nitrogens with one attached hydrogen (secondary N) is 1. The molecule has 1 heterocycles. The fourth-order valence-corrected chi connectivity index (χ4v) is 5.01. The summed E-state index contributed by atoms with van der Waals surface area (Å²) in [5.74, 6) is -1.74. The number of amides is 1. The van der Waals surface area contributed by atoms with E-state index in [4.69, 9.17) is 0 Å². The summed E-state index contributed by atoms with van der Waals surface area (Å²) < 4.78 is 26.9. The van der Waals surface area contributed by atoms with Crippen molar-refractivity contribution in [2.45, 2.75) is 36.2 Å². The molecule has 2 aromatic rings. The van der Waals surface area contributed by atoms with Crippen LogP contribution in [0.3, 0.4) is 0 Å². The lowest BCUT2D eigenvalue weighted by atomic mass is 10.1. The molecule has 1 amide bonds. The molecule has 0 spiro atoms. The Balaban J connectivity index is 1.76. The number of nitrogens with zero attached hydrogens (tertiary/aromatic N) is 1. The van der Waals surface area contributed by atoms with Crippen LogP contribution in [-0.4, -0.2) is 48.3 Å². The van der Waals surface area contributed by atoms with E-state index >= 15 is 0 Å². The van der Waals surface area contributed by atoms with Crippen molar-refractivity contribution >= 4 is 21.9 Å². The molecule has 0 bridgehead atoms. The first-order valence-electron chi connectivity index (χ1n) is 9.03. The molecule has 2 aromatic carbocycles. The maximum Gasteiger partial charge on any atom is 0.326 e. The van der Waals surface area contributed by atoms with Gasteiger partial charge in [-0.15, -0.1) is 0 Å². The van der Waals surface area contributed by atoms with E-state index in [-0.39, 0.29) is 17.9 Å². The predicted octanol–water partition coefficient (Wildman–Crippen LogP) is 1.65. The van der Waals surface area contributed by atoms with E-state index in [1.807, 2.05) is 6.07 Å². The summed E-state index contributed by atoms with van der Waals surface area (Å²) in [7, 11) is -3.82. The molecule has 1 fully saturated rings. The summed E-state index contributed by atoms with van der Waals surface area (Å²) >= 11 is 0. The second-order valence-corrected chi connectivity index (χ2v) is 8.57. The highest BCUT2D eigenvalue weighted by molar-refractivity contribution is 7.89. The number of carbonyl (C=O) groups excluding carboxylic acids is 1. The first-order chi connectivity index (χ1) is 13.4. The van der Waals surface area contributed by atoms with Crippen LogP contribution in [0.2, 0.25) is 0 Å². The maximum atomic E-state index is 12.9. The van der Waals surface area contributed by atoms with Crippen LogP contribution in [0.1, 0.15) is 18.4 Å². The Hall–Kier alpha value is -2.71. The molecule has 1 saturated heterocycles. The van der Waals surface area contributed by atoms with E-state index in [2.05, 4.69) is 5.32 Å². The number of hydrogen-bond donors (Lipinski definition) is 2. The number of rotatable bonds is 7. The molecular formula is C20H22N2O5S. The summed E-state index contributed by atoms with van der Waals surface area (Å²) in [6.45, 7) is 0.228. The molecule has 8 heteroatoms. The summed E-state index contributed by atoms with van der Waals surface area (Å²) in [5.41, 5.74) is 0.774. The molecule has 1 aliphatic rings. The molecule has 1 aliphatic heterocycles. The standard InChI is InChI=1S/C20H22N2O5S/c23-19(21-17(20(24)25)14-15-8-3-1-4-9-15)18-12-7-13-22(18)28(26,27)16-10-5-2-6-11-16/h1-6,8-11,17-18H,7,12-14H2,(H,21,23)(H,24,25)/t17-,18+/m0/s1. The largest absolute Gasteiger partial charge is 0.480 e. The molecule has 28 heavy (non-hydrogen) atoms. The molecule has 0 aromatic heterocycles. The third-order valence-electron chi connectivity index (χ3n) is 4.75. The minimum absolute atomic E-state index is 0.119. The van der Waals surface area contributed by atoms with E-state index < -0.39 is 34.0 Å². The van der Waals surface area contributed by atoms with E-state index in [0.29, 0.717) is 12.8 Å². The smallest absolute Gasteiger partial charge is 0.326 e. The minimum Gasteiger partial charge on any atom is -0.480 e. The Kier molecular flexibility index (Phi) is 6.11. The van der Waals surface area contributed by atoms with E-state index in [9.17, 15) is 23.1 Å². The molecule has 2 N–H and O–H groups in total. The second kappa shape index (κ2) is 8.53. The van der Waals surface area contributed by atoms with Gasteiger partial charge in [-0.1, -0.05) is 48.5 Å². The predicted molar refractivity (Wildman–Crippen MR) is 103 cm³/mol. The Labute approximate surface area is 164 Å². The number of benzene rings is 2. The van der Waals surface area contributed by atoms with Gasteiger partial charge in [0.15, 0.2) is 0 Å². The van der Waals surface area contributed by atoms with Crippen LogP contribution in [0.5, 0.6) is 0 Å². The molecule has 2 atom stereocenters. The van der Waals surface area contributed by atoms with Gasteiger partial charge in [0.2, 0.25) is 15.9 Å². The van der Waals surface area contributed by atoms with E-state index in [1.54, 1.807) is 42.5 Å². The highest BCUT2D eigenvalue weighted by atomic mass is 32.2. The maximum absolute atomic E-state index is 12.9. The van der Waals surface area contributed by atoms with Gasteiger partial charge >= 0.3 is 5.97 Å². The molecule has 0 aliphatic carbocycles. The van der Waals surface area contributed by atoms with Gasteiger partial charge < -0.3 is 10.4 Å². The van der Waals surface area contributed by atoms with Gasteiger partial charge in [-0.3, -0.25) is 4.79 Å². The normalized spacial score (nSPS) is 18.5. The third-order valence-corrected chi connectivity index (χ3v) is 6.68. The van der Waals surface area contributed by atoms with Gasteiger partial charge in [0.05, 0.1) is 4.90 Å². The average molecular weight is 402 g/mol. The van der Waals surface area contributed by atoms with Crippen LogP contribution in [0, 0.1) is 0 Å². The lowest BCUT2D eigenvalue weighted by molar-refractivity contribution is -0.142. The highest BCUT2D eigenvalue weighted by Crippen LogP contribution is 2.26. The lowest BCUT2D eigenvalue weighted by Gasteiger charge is -2.25. The van der Waals surface area contributed by atoms with Crippen molar-refractivity contribution in [3.63, 3.8) is 0 Å². The van der Waals surface area contributed by atoms with Gasteiger partial charge in [-0.05, 0) is 30.5 Å². The van der Waals surface area contributed by atoms with E-state index in [0.717, 1.165) is 5.56 Å². The minimum atomic E-state index is -3.82. The van der Waals surface area contributed by atoms with Crippen molar-refractivity contribution < 1.29 is 23.1 Å². The Bertz CT molecular complexity index is 932. The fraction of sp³-hybridized carbons (Fsp3) is 0.300. The van der Waals surface area contributed by atoms with Crippen molar-refractivity contribution in [1.29, 1.82) is 0 Å². The van der Waals surface area contributed by atoms with Crippen molar-refractivity contribution in [3.05, 3.63) is 66.2 Å². The lowest BCUT2D eigenvalue weighted by Crippen LogP contribution is -2.51. The monoisotopic (exact) mass is 402 g/mol. The van der Waals surface area contributed by atoms with Crippen molar-refractivity contribution in [3.8, 4) is 0 Å². The zero-order chi connectivity index (χ0) is 20.1. The molecule has 0 radical (unpaired) electrons. The van der Waals surface area contributed by atoms with Crippen LogP contribution in [-0.2, 0) is 26.0 Å². The van der Waals surface area contributed by atoms with Crippen molar-refractivity contribution in [2.75, 3.05) is 6.54 Å². The summed E-state index contributed by atoms with van der Waals surface area (Å²) in [6, 6.07) is 14.9. The third kappa shape index (κ3) is 4.40. The summed E-state index contributed by atoms with van der Waals surface area (Å²) in [5, 5.41) is 12.0. The zero-order valence-electron chi connectivity index (χ0n) is 15.2. The van der Waals surface area contributed by atoms with Crippen molar-refractivity contribution in [2.24, 2.45) is 0 Å². The van der Waals surface area contributed by atoms with Gasteiger partial charge in [0.25, 0.3) is 0 Å². The number of carbonyl (C=O) groups is 2. The molecule has 3 rings (SSSR count). The highest BCUT2D eigenvalue weighted by Gasteiger charge is 2.40. The number of carboxylic acids is 1. The topological polar surface area (TPSA) is 104 Å². The Morgan fingerprint density at radius 2 is 1.68 bits per heavy atom. The molecular weight excluding hydrogens is 380 g/mol. The van der Waals surface area contributed by atoms with Gasteiger partial charge in [0.1, 0.15) is 12.1 Å². The Morgan fingerprint density at radius 3 is 2.29 bits per heavy atom. The quantitative estimate of drug-likeness (QED) is 0.733. The second-order valence-electron chi connectivity index (χ2n) is 6.68. The van der Waals surface area contributed by atoms with E-state index in [1.165, 1.54) is 16.4 Å². The van der Waals surface area contributed by atoms with Gasteiger partial charge in [-0.25, -0.2) is 13.2 Å². The summed E-state index contributed by atoms with van der Waals surface area (Å²) in [4.78, 5) is 24.5. The van der Waals surface area contributed by atoms with Gasteiger partial charge in [-0.2, -0.15) is 4.31 Å². The zero-order valence-corrected chi connectivity index (χ0v) is 16.0. The fourth-order valence-electron chi connectivity index (χ4n) is 3.34. The number of hydrogen-bond acceptors (Lipinski definition) is 4. The van der Waals surface area contributed by atoms with Crippen LogP contribution in [0.15, 0.2) is 65.6 Å². The SMILES string of the molecule is O=C(O)[C@H](Cc1ccccc1)NC(=O)[C@H]1CCCN1S(=O)(=O)c1ccccc1. The molecule has 148 valence electrons. The molecule has 0 saturated carbocycles. The van der Waals surface area contributed by atoms with Gasteiger partial charge in [0, 0.05) is 13.0 Å². The summed E-state index contributed by atoms with van der Waals surface area (Å²) in [6.07, 6.45) is 1.02. The first-order valence-corrected chi connectivity index (χ1v) is 10.5. The van der Waals surface area contributed by atoms with Crippen LogP contribution in [0.4, 0.5) is 0 Å². The van der Waals surface area contributed by atoms with Crippen LogP contribution < -0.4 is 5.32 Å². The molecule has 7 nitrogen and oxygen atoms in total. The number of sulfonamides is 1. The Morgan fingerprint density at radius 1 is 1.07 bits per heavy atom. The average Bonchev–Trinajstić information content (AvgIpc) is 3.20. The van der Waals surface area contributed by atoms with Crippen LogP contribution in [0.25, 0.3) is 0 Å². The van der Waals surface area contributed by atoms with Crippen molar-refractivity contribution in [1.82, 2.24) is 9.62 Å². The van der Waals surface area contributed by atoms with Crippen LogP contribution >= 0.6 is 0 Å². The molecule has 0 unspecified atom stereocenters. The first kappa shape index (κ1) is 20.0. The number of carboxylic acid groups (broad SMARTS) is 1.